The summed E-state index contributed by atoms with van der Waals surface area (Å²) in [5.74, 6) is -0.377. The molecule has 0 saturated carbocycles. The first-order valence-electron chi connectivity index (χ1n) is 11.7. The molecule has 180 valence electrons. The number of nitrogens with zero attached hydrogens (tertiary/aromatic N) is 3. The second-order valence-electron chi connectivity index (χ2n) is 8.70. The molecule has 1 fully saturated rings. The first-order valence-corrected chi connectivity index (χ1v) is 13.1. The molecule has 1 N–H and O–H groups in total. The van der Waals surface area contributed by atoms with Crippen LogP contribution in [0.15, 0.2) is 46.1 Å². The number of sulfonamides is 1. The van der Waals surface area contributed by atoms with Gasteiger partial charge in [-0.25, -0.2) is 13.4 Å². The molecule has 0 aliphatic carbocycles. The van der Waals surface area contributed by atoms with Crippen LogP contribution in [0.4, 0.5) is 5.69 Å². The van der Waals surface area contributed by atoms with Gasteiger partial charge in [-0.05, 0) is 69.5 Å². The third-order valence-corrected chi connectivity index (χ3v) is 8.36. The van der Waals surface area contributed by atoms with Crippen LogP contribution in [-0.2, 0) is 16.6 Å². The molecular formula is C25H30N4O4S. The minimum absolute atomic E-state index is 0.148. The lowest BCUT2D eigenvalue weighted by molar-refractivity contribution is 0.102. The van der Waals surface area contributed by atoms with Gasteiger partial charge in [-0.3, -0.25) is 9.59 Å². The molecule has 1 saturated heterocycles. The van der Waals surface area contributed by atoms with Crippen molar-refractivity contribution in [2.75, 3.05) is 18.4 Å². The highest BCUT2D eigenvalue weighted by Gasteiger charge is 2.27. The Balaban J connectivity index is 1.63. The number of hydrogen-bond donors (Lipinski definition) is 1. The fraction of sp³-hybridized carbons (Fsp3) is 0.400. The zero-order valence-corrected chi connectivity index (χ0v) is 20.6. The Morgan fingerprint density at radius 3 is 2.41 bits per heavy atom. The van der Waals surface area contributed by atoms with Crippen LogP contribution in [0, 0.1) is 13.8 Å². The topological polar surface area (TPSA) is 101 Å². The summed E-state index contributed by atoms with van der Waals surface area (Å²) in [6.07, 6.45) is 3.79. The van der Waals surface area contributed by atoms with E-state index in [1.54, 1.807) is 53.1 Å². The van der Waals surface area contributed by atoms with Gasteiger partial charge in [0.15, 0.2) is 0 Å². The van der Waals surface area contributed by atoms with Gasteiger partial charge in [-0.1, -0.05) is 18.9 Å². The Kier molecular flexibility index (Phi) is 6.86. The smallest absolute Gasteiger partial charge is 0.272 e. The highest BCUT2D eigenvalue weighted by molar-refractivity contribution is 7.89. The number of aromatic nitrogens is 2. The molecule has 1 aromatic heterocycles. The van der Waals surface area contributed by atoms with E-state index >= 15 is 0 Å². The minimum atomic E-state index is -3.64. The fourth-order valence-corrected chi connectivity index (χ4v) is 6.18. The van der Waals surface area contributed by atoms with Crippen LogP contribution < -0.4 is 10.9 Å². The van der Waals surface area contributed by atoms with Gasteiger partial charge in [0.05, 0.1) is 15.9 Å². The Morgan fingerprint density at radius 2 is 1.74 bits per heavy atom. The van der Waals surface area contributed by atoms with E-state index in [0.29, 0.717) is 53.2 Å². The van der Waals surface area contributed by atoms with Gasteiger partial charge in [0.2, 0.25) is 10.0 Å². The van der Waals surface area contributed by atoms with Crippen LogP contribution in [-0.4, -0.2) is 41.3 Å². The molecule has 0 atom stereocenters. The number of carbonyl (C=O) groups excluding carboxylic acids is 1. The fourth-order valence-electron chi connectivity index (χ4n) is 4.41. The molecule has 8 nitrogen and oxygen atoms in total. The Morgan fingerprint density at radius 1 is 1.03 bits per heavy atom. The molecule has 2 aromatic carbocycles. The molecular weight excluding hydrogens is 452 g/mol. The van der Waals surface area contributed by atoms with Crippen LogP contribution >= 0.6 is 0 Å². The zero-order valence-electron chi connectivity index (χ0n) is 19.8. The second kappa shape index (κ2) is 9.68. The quantitative estimate of drug-likeness (QED) is 0.595. The molecule has 3 aromatic rings. The van der Waals surface area contributed by atoms with E-state index in [4.69, 9.17) is 0 Å². The standard InChI is InChI=1S/C25H30N4O4S/c1-4-29-22-12-10-19(15-21(22)26-18(3)25(29)31)24(30)27-20-11-9-17(2)23(16-20)34(32,33)28-13-7-5-6-8-14-28/h9-12,15-16H,4-8,13-14H2,1-3H3,(H,27,30). The predicted molar refractivity (Wildman–Crippen MR) is 133 cm³/mol. The number of nitrogens with one attached hydrogen (secondary N) is 1. The van der Waals surface area contributed by atoms with E-state index < -0.39 is 10.0 Å². The molecule has 9 heteroatoms. The van der Waals surface area contributed by atoms with Gasteiger partial charge in [0.1, 0.15) is 5.69 Å². The summed E-state index contributed by atoms with van der Waals surface area (Å²) in [7, 11) is -3.64. The number of aryl methyl sites for hydroxylation is 3. The Hall–Kier alpha value is -3.04. The van der Waals surface area contributed by atoms with Gasteiger partial charge < -0.3 is 9.88 Å². The summed E-state index contributed by atoms with van der Waals surface area (Å²) in [6.45, 7) is 6.84. The Labute approximate surface area is 199 Å². The van der Waals surface area contributed by atoms with Crippen LogP contribution in [0.2, 0.25) is 0 Å². The number of benzene rings is 2. The van der Waals surface area contributed by atoms with E-state index in [9.17, 15) is 18.0 Å². The van der Waals surface area contributed by atoms with Crippen LogP contribution in [0.1, 0.15) is 54.2 Å². The maximum absolute atomic E-state index is 13.3. The predicted octanol–water partition coefficient (Wildman–Crippen LogP) is 3.85. The maximum Gasteiger partial charge on any atom is 0.272 e. The van der Waals surface area contributed by atoms with Crippen molar-refractivity contribution in [3.63, 3.8) is 0 Å². The molecule has 0 radical (unpaired) electrons. The van der Waals surface area contributed by atoms with Gasteiger partial charge in [-0.2, -0.15) is 4.31 Å². The van der Waals surface area contributed by atoms with Crippen molar-refractivity contribution in [3.05, 3.63) is 63.6 Å². The van der Waals surface area contributed by atoms with E-state index in [0.717, 1.165) is 25.7 Å². The van der Waals surface area contributed by atoms with Crippen molar-refractivity contribution in [1.29, 1.82) is 0 Å². The van der Waals surface area contributed by atoms with E-state index in [1.165, 1.54) is 6.07 Å². The van der Waals surface area contributed by atoms with E-state index in [1.807, 2.05) is 6.92 Å². The number of hydrogen-bond acceptors (Lipinski definition) is 5. The average Bonchev–Trinajstić information content (AvgIpc) is 3.11. The lowest BCUT2D eigenvalue weighted by atomic mass is 10.1. The van der Waals surface area contributed by atoms with E-state index in [2.05, 4.69) is 10.3 Å². The van der Waals surface area contributed by atoms with Crippen LogP contribution in [0.3, 0.4) is 0 Å². The number of fused-ring (bicyclic) bond motifs is 1. The molecule has 2 heterocycles. The van der Waals surface area contributed by atoms with Gasteiger partial charge in [0, 0.05) is 30.9 Å². The zero-order chi connectivity index (χ0) is 24.5. The monoisotopic (exact) mass is 482 g/mol. The Bertz CT molecular complexity index is 1400. The summed E-state index contributed by atoms with van der Waals surface area (Å²) in [4.78, 5) is 29.9. The molecule has 4 rings (SSSR count). The van der Waals surface area contributed by atoms with E-state index in [-0.39, 0.29) is 16.4 Å². The molecule has 34 heavy (non-hydrogen) atoms. The summed E-state index contributed by atoms with van der Waals surface area (Å²) >= 11 is 0. The highest BCUT2D eigenvalue weighted by Crippen LogP contribution is 2.26. The molecule has 0 unspecified atom stereocenters. The van der Waals surface area contributed by atoms with Gasteiger partial charge >= 0.3 is 0 Å². The number of carbonyl (C=O) groups is 1. The minimum Gasteiger partial charge on any atom is -0.322 e. The van der Waals surface area contributed by atoms with Crippen molar-refractivity contribution in [2.24, 2.45) is 0 Å². The number of anilines is 1. The van der Waals surface area contributed by atoms with Crippen molar-refractivity contribution < 1.29 is 13.2 Å². The second-order valence-corrected chi connectivity index (χ2v) is 10.6. The molecule has 1 aliphatic rings. The third-order valence-electron chi connectivity index (χ3n) is 6.32. The summed E-state index contributed by atoms with van der Waals surface area (Å²) in [6, 6.07) is 9.95. The lowest BCUT2D eigenvalue weighted by Crippen LogP contribution is -2.32. The SMILES string of the molecule is CCn1c(=O)c(C)nc2cc(C(=O)Nc3ccc(C)c(S(=O)(=O)N4CCCCCC4)c3)ccc21. The molecule has 1 aliphatic heterocycles. The number of amides is 1. The summed E-state index contributed by atoms with van der Waals surface area (Å²) in [5.41, 5.74) is 2.87. The molecule has 1 amide bonds. The average molecular weight is 483 g/mol. The third kappa shape index (κ3) is 4.63. The maximum atomic E-state index is 13.3. The largest absolute Gasteiger partial charge is 0.322 e. The van der Waals surface area contributed by atoms with Crippen molar-refractivity contribution in [1.82, 2.24) is 13.9 Å². The normalized spacial score (nSPS) is 15.3. The summed E-state index contributed by atoms with van der Waals surface area (Å²) in [5, 5.41) is 2.81. The first kappa shape index (κ1) is 24.1. The van der Waals surface area contributed by atoms with Crippen molar-refractivity contribution in [2.45, 2.75) is 57.9 Å². The van der Waals surface area contributed by atoms with Gasteiger partial charge in [-0.15, -0.1) is 0 Å². The van der Waals surface area contributed by atoms with Crippen molar-refractivity contribution >= 4 is 32.7 Å². The highest BCUT2D eigenvalue weighted by atomic mass is 32.2. The number of rotatable bonds is 5. The first-order chi connectivity index (χ1) is 16.2. The summed E-state index contributed by atoms with van der Waals surface area (Å²) < 4.78 is 29.8. The lowest BCUT2D eigenvalue weighted by Gasteiger charge is -2.21. The van der Waals surface area contributed by atoms with Gasteiger partial charge in [0.25, 0.3) is 11.5 Å². The molecule has 0 bridgehead atoms. The molecule has 0 spiro atoms. The van der Waals surface area contributed by atoms with Crippen LogP contribution in [0.25, 0.3) is 11.0 Å². The van der Waals surface area contributed by atoms with Crippen LogP contribution in [0.5, 0.6) is 0 Å². The van der Waals surface area contributed by atoms with Crippen molar-refractivity contribution in [3.8, 4) is 0 Å².